The standard InChI is InChI=1S/C15H19N3O2S/c1-9-5-6-13(21-9)11-8-12(11)15(19)16-7-3-4-14-17-10(2)18-20-14/h5-6,11-12H,3-4,7-8H2,1-2H3,(H,16,19)/t11-,12-/m0/s1. The van der Waals surface area contributed by atoms with Gasteiger partial charge < -0.3 is 9.84 Å². The third kappa shape index (κ3) is 3.50. The van der Waals surface area contributed by atoms with Crippen molar-refractivity contribution < 1.29 is 9.32 Å². The minimum atomic E-state index is 0.161. The lowest BCUT2D eigenvalue weighted by atomic mass is 10.2. The van der Waals surface area contributed by atoms with Gasteiger partial charge in [-0.25, -0.2) is 0 Å². The van der Waals surface area contributed by atoms with E-state index in [0.29, 0.717) is 30.6 Å². The zero-order valence-electron chi connectivity index (χ0n) is 12.3. The van der Waals surface area contributed by atoms with Crippen LogP contribution in [0.3, 0.4) is 0 Å². The molecule has 1 aliphatic carbocycles. The monoisotopic (exact) mass is 305 g/mol. The van der Waals surface area contributed by atoms with Crippen molar-refractivity contribution in [1.29, 1.82) is 0 Å². The van der Waals surface area contributed by atoms with Crippen molar-refractivity contribution >= 4 is 17.2 Å². The molecule has 112 valence electrons. The number of hydrogen-bond acceptors (Lipinski definition) is 5. The molecule has 0 unspecified atom stereocenters. The molecule has 0 saturated heterocycles. The van der Waals surface area contributed by atoms with Crippen molar-refractivity contribution in [3.63, 3.8) is 0 Å². The lowest BCUT2D eigenvalue weighted by Gasteiger charge is -2.03. The highest BCUT2D eigenvalue weighted by Gasteiger charge is 2.44. The van der Waals surface area contributed by atoms with E-state index < -0.39 is 0 Å². The zero-order valence-corrected chi connectivity index (χ0v) is 13.1. The lowest BCUT2D eigenvalue weighted by Crippen LogP contribution is -2.26. The van der Waals surface area contributed by atoms with Crippen LogP contribution in [-0.2, 0) is 11.2 Å². The highest BCUT2D eigenvalue weighted by molar-refractivity contribution is 7.12. The fourth-order valence-corrected chi connectivity index (χ4v) is 3.53. The number of carbonyl (C=O) groups is 1. The summed E-state index contributed by atoms with van der Waals surface area (Å²) in [6, 6.07) is 4.27. The molecule has 1 N–H and O–H groups in total. The fraction of sp³-hybridized carbons (Fsp3) is 0.533. The Morgan fingerprint density at radius 2 is 2.33 bits per heavy atom. The van der Waals surface area contributed by atoms with Gasteiger partial charge in [0.25, 0.3) is 0 Å². The number of aryl methyl sites for hydroxylation is 3. The number of hydrogen-bond donors (Lipinski definition) is 1. The highest BCUT2D eigenvalue weighted by atomic mass is 32.1. The molecule has 3 rings (SSSR count). The maximum Gasteiger partial charge on any atom is 0.226 e. The summed E-state index contributed by atoms with van der Waals surface area (Å²) < 4.78 is 5.04. The van der Waals surface area contributed by atoms with Crippen LogP contribution in [0.4, 0.5) is 0 Å². The van der Waals surface area contributed by atoms with Crippen molar-refractivity contribution in [2.75, 3.05) is 6.54 Å². The molecule has 1 fully saturated rings. The molecule has 2 aromatic rings. The molecule has 21 heavy (non-hydrogen) atoms. The maximum absolute atomic E-state index is 12.1. The molecule has 1 amide bonds. The first-order valence-corrected chi connectivity index (χ1v) is 8.08. The van der Waals surface area contributed by atoms with E-state index in [1.807, 2.05) is 0 Å². The van der Waals surface area contributed by atoms with Crippen molar-refractivity contribution in [3.05, 3.63) is 33.6 Å². The summed E-state index contributed by atoms with van der Waals surface area (Å²) in [5, 5.41) is 6.75. The predicted molar refractivity (Wildman–Crippen MR) is 80.3 cm³/mol. The smallest absolute Gasteiger partial charge is 0.226 e. The first-order chi connectivity index (χ1) is 10.1. The summed E-state index contributed by atoms with van der Waals surface area (Å²) >= 11 is 1.80. The second-order valence-corrected chi connectivity index (χ2v) is 6.85. The molecule has 0 bridgehead atoms. The van der Waals surface area contributed by atoms with Gasteiger partial charge >= 0.3 is 0 Å². The van der Waals surface area contributed by atoms with Crippen LogP contribution in [0.5, 0.6) is 0 Å². The Morgan fingerprint density at radius 3 is 3.00 bits per heavy atom. The quantitative estimate of drug-likeness (QED) is 0.833. The summed E-state index contributed by atoms with van der Waals surface area (Å²) in [5.74, 6) is 2.06. The molecule has 6 heteroatoms. The Kier molecular flexibility index (Phi) is 4.05. The van der Waals surface area contributed by atoms with Gasteiger partial charge in [-0.05, 0) is 38.8 Å². The van der Waals surface area contributed by atoms with Gasteiger partial charge in [-0.2, -0.15) is 4.98 Å². The Hall–Kier alpha value is -1.69. The van der Waals surface area contributed by atoms with Crippen LogP contribution in [0, 0.1) is 19.8 Å². The van der Waals surface area contributed by atoms with Crippen molar-refractivity contribution in [2.45, 2.75) is 39.0 Å². The number of aromatic nitrogens is 2. The third-order valence-corrected chi connectivity index (χ3v) is 4.82. The Bertz CT molecular complexity index is 634. The van der Waals surface area contributed by atoms with Crippen molar-refractivity contribution in [3.8, 4) is 0 Å². The Labute approximate surface area is 127 Å². The van der Waals surface area contributed by atoms with Crippen molar-refractivity contribution in [1.82, 2.24) is 15.5 Å². The van der Waals surface area contributed by atoms with E-state index in [0.717, 1.165) is 12.8 Å². The second-order valence-electron chi connectivity index (χ2n) is 5.53. The number of nitrogens with zero attached hydrogens (tertiary/aromatic N) is 2. The molecule has 1 aliphatic rings. The molecule has 2 heterocycles. The normalized spacial score (nSPS) is 20.5. The average molecular weight is 305 g/mol. The number of thiophene rings is 1. The topological polar surface area (TPSA) is 68.0 Å². The molecule has 0 spiro atoms. The lowest BCUT2D eigenvalue weighted by molar-refractivity contribution is -0.122. The average Bonchev–Trinajstić information content (AvgIpc) is 2.98. The van der Waals surface area contributed by atoms with E-state index in [4.69, 9.17) is 4.52 Å². The number of carbonyl (C=O) groups excluding carboxylic acids is 1. The third-order valence-electron chi connectivity index (χ3n) is 3.69. The molecule has 2 aromatic heterocycles. The van der Waals surface area contributed by atoms with Crippen LogP contribution in [0.1, 0.15) is 40.2 Å². The van der Waals surface area contributed by atoms with E-state index in [1.165, 1.54) is 9.75 Å². The molecular formula is C15H19N3O2S. The van der Waals surface area contributed by atoms with E-state index in [1.54, 1.807) is 18.3 Å². The zero-order chi connectivity index (χ0) is 14.8. The molecule has 0 radical (unpaired) electrons. The van der Waals surface area contributed by atoms with Crippen LogP contribution in [0.25, 0.3) is 0 Å². The molecule has 2 atom stereocenters. The molecule has 0 aliphatic heterocycles. The van der Waals surface area contributed by atoms with Gasteiger partial charge in [0.1, 0.15) is 0 Å². The SMILES string of the molecule is Cc1noc(CCCNC(=O)[C@H]2C[C@@H]2c2ccc(C)s2)n1. The van der Waals surface area contributed by atoms with Gasteiger partial charge in [-0.3, -0.25) is 4.79 Å². The van der Waals surface area contributed by atoms with Crippen LogP contribution >= 0.6 is 11.3 Å². The van der Waals surface area contributed by atoms with Gasteiger partial charge in [-0.15, -0.1) is 11.3 Å². The van der Waals surface area contributed by atoms with Gasteiger partial charge in [0.05, 0.1) is 0 Å². The number of rotatable bonds is 6. The first kappa shape index (κ1) is 14.3. The van der Waals surface area contributed by atoms with Crippen LogP contribution in [-0.4, -0.2) is 22.6 Å². The molecule has 1 saturated carbocycles. The van der Waals surface area contributed by atoms with Gasteiger partial charge in [-0.1, -0.05) is 5.16 Å². The van der Waals surface area contributed by atoms with E-state index >= 15 is 0 Å². The summed E-state index contributed by atoms with van der Waals surface area (Å²) in [6.45, 7) is 4.56. The summed E-state index contributed by atoms with van der Waals surface area (Å²) in [6.07, 6.45) is 2.51. The van der Waals surface area contributed by atoms with E-state index in [-0.39, 0.29) is 11.8 Å². The fourth-order valence-electron chi connectivity index (χ4n) is 2.48. The minimum absolute atomic E-state index is 0.161. The van der Waals surface area contributed by atoms with Crippen molar-refractivity contribution in [2.24, 2.45) is 5.92 Å². The minimum Gasteiger partial charge on any atom is -0.356 e. The number of nitrogens with one attached hydrogen (secondary N) is 1. The summed E-state index contributed by atoms with van der Waals surface area (Å²) in [7, 11) is 0. The van der Waals surface area contributed by atoms with Gasteiger partial charge in [0.2, 0.25) is 11.8 Å². The predicted octanol–water partition coefficient (Wildman–Crippen LogP) is 2.60. The second kappa shape index (κ2) is 5.97. The maximum atomic E-state index is 12.1. The summed E-state index contributed by atoms with van der Waals surface area (Å²) in [5.41, 5.74) is 0. The van der Waals surface area contributed by atoms with Crippen LogP contribution in [0.15, 0.2) is 16.7 Å². The van der Waals surface area contributed by atoms with Gasteiger partial charge in [0.15, 0.2) is 5.82 Å². The largest absolute Gasteiger partial charge is 0.356 e. The molecular weight excluding hydrogens is 286 g/mol. The van der Waals surface area contributed by atoms with Crippen LogP contribution < -0.4 is 5.32 Å². The molecule has 5 nitrogen and oxygen atoms in total. The molecule has 0 aromatic carbocycles. The highest BCUT2D eigenvalue weighted by Crippen LogP contribution is 2.49. The Morgan fingerprint density at radius 1 is 1.48 bits per heavy atom. The Balaban J connectivity index is 1.38. The first-order valence-electron chi connectivity index (χ1n) is 7.26. The van der Waals surface area contributed by atoms with E-state index in [9.17, 15) is 4.79 Å². The van der Waals surface area contributed by atoms with Crippen LogP contribution in [0.2, 0.25) is 0 Å². The van der Waals surface area contributed by atoms with Gasteiger partial charge in [0, 0.05) is 34.6 Å². The van der Waals surface area contributed by atoms with E-state index in [2.05, 4.69) is 34.5 Å². The number of amides is 1. The summed E-state index contributed by atoms with van der Waals surface area (Å²) in [4.78, 5) is 18.8.